The van der Waals surface area contributed by atoms with E-state index >= 15 is 0 Å². The highest BCUT2D eigenvalue weighted by Crippen LogP contribution is 2.25. The van der Waals surface area contributed by atoms with Crippen LogP contribution >= 0.6 is 0 Å². The lowest BCUT2D eigenvalue weighted by atomic mass is 10.1. The second-order valence-corrected chi connectivity index (χ2v) is 8.23. The molecule has 0 spiro atoms. The summed E-state index contributed by atoms with van der Waals surface area (Å²) in [6.45, 7) is 5.42. The fraction of sp³-hybridized carbons (Fsp3) is 0.308. The van der Waals surface area contributed by atoms with Gasteiger partial charge in [-0.1, -0.05) is 18.2 Å². The van der Waals surface area contributed by atoms with Crippen LogP contribution in [0.2, 0.25) is 0 Å². The molecule has 2 aromatic carbocycles. The van der Waals surface area contributed by atoms with Gasteiger partial charge in [-0.25, -0.2) is 0 Å². The zero-order valence-electron chi connectivity index (χ0n) is 19.5. The van der Waals surface area contributed by atoms with Gasteiger partial charge in [0.2, 0.25) is 0 Å². The molecule has 0 radical (unpaired) electrons. The SMILES string of the molecule is COc1ccc(N2CCN(C(CNC(=O)C(=O)Nc3ccccc3C)c3ccco3)CC2)cc1. The van der Waals surface area contributed by atoms with Crippen LogP contribution in [0.4, 0.5) is 11.4 Å². The number of aryl methyl sites for hydroxylation is 1. The van der Waals surface area contributed by atoms with E-state index in [0.29, 0.717) is 5.69 Å². The fourth-order valence-corrected chi connectivity index (χ4v) is 4.14. The molecule has 8 heteroatoms. The highest BCUT2D eigenvalue weighted by molar-refractivity contribution is 6.39. The smallest absolute Gasteiger partial charge is 0.313 e. The van der Waals surface area contributed by atoms with Crippen molar-refractivity contribution in [1.82, 2.24) is 10.2 Å². The van der Waals surface area contributed by atoms with Gasteiger partial charge >= 0.3 is 11.8 Å². The number of ether oxygens (including phenoxy) is 1. The van der Waals surface area contributed by atoms with Gasteiger partial charge in [-0.2, -0.15) is 0 Å². The van der Waals surface area contributed by atoms with E-state index in [1.54, 1.807) is 19.4 Å². The van der Waals surface area contributed by atoms with Crippen molar-refractivity contribution in [2.24, 2.45) is 0 Å². The van der Waals surface area contributed by atoms with E-state index in [4.69, 9.17) is 9.15 Å². The van der Waals surface area contributed by atoms with Crippen LogP contribution in [0, 0.1) is 6.92 Å². The molecule has 2 N–H and O–H groups in total. The van der Waals surface area contributed by atoms with Crippen LogP contribution < -0.4 is 20.3 Å². The molecule has 3 aromatic rings. The molecule has 178 valence electrons. The van der Waals surface area contributed by atoms with Gasteiger partial charge in [0.15, 0.2) is 0 Å². The lowest BCUT2D eigenvalue weighted by Crippen LogP contribution is -2.50. The molecule has 1 aromatic heterocycles. The maximum atomic E-state index is 12.5. The lowest BCUT2D eigenvalue weighted by molar-refractivity contribution is -0.136. The number of amides is 2. The first kappa shape index (κ1) is 23.4. The van der Waals surface area contributed by atoms with E-state index in [2.05, 4.69) is 32.6 Å². The van der Waals surface area contributed by atoms with Crippen molar-refractivity contribution >= 4 is 23.2 Å². The van der Waals surface area contributed by atoms with Gasteiger partial charge in [-0.05, 0) is 55.0 Å². The van der Waals surface area contributed by atoms with Crippen LogP contribution in [-0.2, 0) is 9.59 Å². The minimum Gasteiger partial charge on any atom is -0.497 e. The van der Waals surface area contributed by atoms with Gasteiger partial charge in [-0.3, -0.25) is 14.5 Å². The van der Waals surface area contributed by atoms with E-state index in [0.717, 1.165) is 48.9 Å². The van der Waals surface area contributed by atoms with Gasteiger partial charge in [0.1, 0.15) is 11.5 Å². The Morgan fingerprint density at radius 2 is 1.71 bits per heavy atom. The Bertz CT molecular complexity index is 1090. The van der Waals surface area contributed by atoms with E-state index < -0.39 is 11.8 Å². The summed E-state index contributed by atoms with van der Waals surface area (Å²) in [6.07, 6.45) is 1.63. The van der Waals surface area contributed by atoms with Crippen LogP contribution in [0.25, 0.3) is 0 Å². The maximum absolute atomic E-state index is 12.5. The van der Waals surface area contributed by atoms with Gasteiger partial charge in [0, 0.05) is 44.1 Å². The number of furan rings is 1. The Hall–Kier alpha value is -3.78. The van der Waals surface area contributed by atoms with Gasteiger partial charge in [0.05, 0.1) is 19.4 Å². The highest BCUT2D eigenvalue weighted by Gasteiger charge is 2.28. The Labute approximate surface area is 199 Å². The largest absolute Gasteiger partial charge is 0.497 e. The van der Waals surface area contributed by atoms with Crippen molar-refractivity contribution in [2.45, 2.75) is 13.0 Å². The number of anilines is 2. The van der Waals surface area contributed by atoms with Crippen molar-refractivity contribution < 1.29 is 18.7 Å². The normalized spacial score (nSPS) is 14.9. The molecule has 8 nitrogen and oxygen atoms in total. The number of methoxy groups -OCH3 is 1. The predicted octanol–water partition coefficient (Wildman–Crippen LogP) is 3.21. The predicted molar refractivity (Wildman–Crippen MR) is 131 cm³/mol. The monoisotopic (exact) mass is 462 g/mol. The third-order valence-electron chi connectivity index (χ3n) is 6.12. The van der Waals surface area contributed by atoms with Gasteiger partial charge < -0.3 is 24.7 Å². The highest BCUT2D eigenvalue weighted by atomic mass is 16.5. The number of hydrogen-bond acceptors (Lipinski definition) is 6. The summed E-state index contributed by atoms with van der Waals surface area (Å²) < 4.78 is 10.9. The van der Waals surface area contributed by atoms with E-state index in [-0.39, 0.29) is 12.6 Å². The third kappa shape index (κ3) is 5.58. The first-order valence-electron chi connectivity index (χ1n) is 11.4. The zero-order chi connectivity index (χ0) is 23.9. The van der Waals surface area contributed by atoms with Crippen LogP contribution in [0.5, 0.6) is 5.75 Å². The standard InChI is InChI=1S/C26H30N4O4/c1-19-6-3-4-7-22(19)28-26(32)25(31)27-18-23(24-8-5-17-34-24)30-15-13-29(14-16-30)20-9-11-21(33-2)12-10-20/h3-12,17,23H,13-16,18H2,1-2H3,(H,27,31)(H,28,32). The molecule has 2 amide bonds. The second kappa shape index (κ2) is 10.9. The number of nitrogens with one attached hydrogen (secondary N) is 2. The molecule has 1 unspecified atom stereocenters. The number of para-hydroxylation sites is 1. The molecule has 4 rings (SSSR count). The summed E-state index contributed by atoms with van der Waals surface area (Å²) in [5.74, 6) is 0.244. The summed E-state index contributed by atoms with van der Waals surface area (Å²) in [5, 5.41) is 5.46. The molecule has 0 aliphatic carbocycles. The van der Waals surface area contributed by atoms with Gasteiger partial charge in [0.25, 0.3) is 0 Å². The molecule has 1 atom stereocenters. The molecular weight excluding hydrogens is 432 g/mol. The number of carbonyl (C=O) groups excluding carboxylic acids is 2. The van der Waals surface area contributed by atoms with Crippen molar-refractivity contribution in [3.05, 3.63) is 78.3 Å². The first-order chi connectivity index (χ1) is 16.5. The Morgan fingerprint density at radius 3 is 2.35 bits per heavy atom. The fourth-order valence-electron chi connectivity index (χ4n) is 4.14. The van der Waals surface area contributed by atoms with Gasteiger partial charge in [-0.15, -0.1) is 0 Å². The van der Waals surface area contributed by atoms with Crippen molar-refractivity contribution in [3.63, 3.8) is 0 Å². The summed E-state index contributed by atoms with van der Waals surface area (Å²) in [5.41, 5.74) is 2.67. The number of nitrogens with zero attached hydrogens (tertiary/aromatic N) is 2. The number of hydrogen-bond donors (Lipinski definition) is 2. The maximum Gasteiger partial charge on any atom is 0.313 e. The zero-order valence-corrected chi connectivity index (χ0v) is 19.5. The van der Waals surface area contributed by atoms with Crippen molar-refractivity contribution in [3.8, 4) is 5.75 Å². The molecule has 0 bridgehead atoms. The van der Waals surface area contributed by atoms with Crippen LogP contribution in [0.3, 0.4) is 0 Å². The Balaban J connectivity index is 1.35. The molecule has 34 heavy (non-hydrogen) atoms. The van der Waals surface area contributed by atoms with E-state index in [1.807, 2.05) is 49.4 Å². The van der Waals surface area contributed by atoms with Crippen LogP contribution in [0.15, 0.2) is 71.3 Å². The third-order valence-corrected chi connectivity index (χ3v) is 6.12. The van der Waals surface area contributed by atoms with Crippen molar-refractivity contribution in [1.29, 1.82) is 0 Å². The van der Waals surface area contributed by atoms with Crippen LogP contribution in [0.1, 0.15) is 17.4 Å². The Morgan fingerprint density at radius 1 is 0.971 bits per heavy atom. The first-order valence-corrected chi connectivity index (χ1v) is 11.4. The molecule has 1 aliphatic rings. The summed E-state index contributed by atoms with van der Waals surface area (Å²) in [4.78, 5) is 29.5. The quantitative estimate of drug-likeness (QED) is 0.525. The van der Waals surface area contributed by atoms with E-state index in [9.17, 15) is 9.59 Å². The number of rotatable bonds is 7. The average Bonchev–Trinajstić information content (AvgIpc) is 3.40. The molecular formula is C26H30N4O4. The average molecular weight is 463 g/mol. The van der Waals surface area contributed by atoms with Crippen molar-refractivity contribution in [2.75, 3.05) is 50.1 Å². The van der Waals surface area contributed by atoms with E-state index in [1.165, 1.54) is 0 Å². The number of piperazine rings is 1. The minimum absolute atomic E-state index is 0.164. The summed E-state index contributed by atoms with van der Waals surface area (Å²) in [6, 6.07) is 19.0. The second-order valence-electron chi connectivity index (χ2n) is 8.23. The molecule has 0 saturated carbocycles. The number of benzene rings is 2. The topological polar surface area (TPSA) is 87.0 Å². The molecule has 1 aliphatic heterocycles. The van der Waals surface area contributed by atoms with Crippen LogP contribution in [-0.4, -0.2) is 56.5 Å². The Kier molecular flexibility index (Phi) is 7.49. The molecule has 1 saturated heterocycles. The number of carbonyl (C=O) groups is 2. The molecule has 2 heterocycles. The summed E-state index contributed by atoms with van der Waals surface area (Å²) in [7, 11) is 1.66. The lowest BCUT2D eigenvalue weighted by Gasteiger charge is -2.39. The molecule has 1 fully saturated rings. The minimum atomic E-state index is -0.684. The summed E-state index contributed by atoms with van der Waals surface area (Å²) >= 11 is 0.